The fourth-order valence-electron chi connectivity index (χ4n) is 5.82. The highest BCUT2D eigenvalue weighted by Gasteiger charge is 2.56. The number of amides is 3. The number of rotatable bonds is 5. The Labute approximate surface area is 258 Å². The van der Waals surface area contributed by atoms with Gasteiger partial charge in [0.2, 0.25) is 17.7 Å². The molecule has 1 saturated heterocycles. The zero-order chi connectivity index (χ0) is 30.6. The molecule has 6 rings (SSSR count). The summed E-state index contributed by atoms with van der Waals surface area (Å²) >= 11 is 2.28. The van der Waals surface area contributed by atoms with Crippen LogP contribution in [0, 0.1) is 19.8 Å². The van der Waals surface area contributed by atoms with Gasteiger partial charge in [0.25, 0.3) is 0 Å². The third-order valence-corrected chi connectivity index (χ3v) is 10.7. The van der Waals surface area contributed by atoms with Gasteiger partial charge in [-0.25, -0.2) is 4.90 Å². The van der Waals surface area contributed by atoms with Crippen molar-refractivity contribution in [2.75, 3.05) is 10.2 Å². The first-order chi connectivity index (χ1) is 20.4. The number of thioether (sulfide) groups is 1. The Morgan fingerprint density at radius 1 is 0.884 bits per heavy atom. The van der Waals surface area contributed by atoms with Gasteiger partial charge in [-0.3, -0.25) is 23.7 Å². The van der Waals surface area contributed by atoms with E-state index in [4.69, 9.17) is 0 Å². The number of anilines is 2. The van der Waals surface area contributed by atoms with E-state index in [1.54, 1.807) is 18.2 Å². The number of carbonyl (C=O) groups excluding carboxylic acids is 3. The third kappa shape index (κ3) is 5.36. The van der Waals surface area contributed by atoms with Crippen molar-refractivity contribution >= 4 is 52.2 Å². The molecule has 2 unspecified atom stereocenters. The van der Waals surface area contributed by atoms with Gasteiger partial charge in [0.1, 0.15) is 11.8 Å². The minimum atomic E-state index is -0.728. The fourth-order valence-corrected chi connectivity index (χ4v) is 8.59. The Morgan fingerprint density at radius 3 is 2.23 bits per heavy atom. The second-order valence-corrected chi connectivity index (χ2v) is 14.4. The molecule has 2 aliphatic heterocycles. The van der Waals surface area contributed by atoms with Gasteiger partial charge in [0.15, 0.2) is 0 Å². The molecule has 3 atom stereocenters. The summed E-state index contributed by atoms with van der Waals surface area (Å²) in [5.74, 6) is -2.09. The topological polar surface area (TPSA) is 88.5 Å². The summed E-state index contributed by atoms with van der Waals surface area (Å²) in [4.78, 5) is 56.3. The van der Waals surface area contributed by atoms with Crippen LogP contribution in [-0.4, -0.2) is 27.5 Å². The molecule has 43 heavy (non-hydrogen) atoms. The first-order valence-electron chi connectivity index (χ1n) is 14.2. The SMILES string of the molecule is Cc1ccc(N2C(=O)C3Sc4c(sc(=O)n4CC(=O)Nc4cccc(C)c4)[C@H](c4ccc(C(C)(C)C)cc4)C3C2=O)cc1. The Balaban J connectivity index is 1.42. The lowest BCUT2D eigenvalue weighted by Crippen LogP contribution is -2.33. The van der Waals surface area contributed by atoms with Crippen molar-refractivity contribution in [2.45, 2.75) is 62.8 Å². The van der Waals surface area contributed by atoms with Gasteiger partial charge in [-0.1, -0.05) is 98.0 Å². The average molecular weight is 612 g/mol. The Morgan fingerprint density at radius 2 is 1.58 bits per heavy atom. The zero-order valence-electron chi connectivity index (χ0n) is 24.7. The van der Waals surface area contributed by atoms with Crippen molar-refractivity contribution in [1.82, 2.24) is 4.57 Å². The summed E-state index contributed by atoms with van der Waals surface area (Å²) in [6.07, 6.45) is 0. The van der Waals surface area contributed by atoms with Crippen LogP contribution in [0.1, 0.15) is 53.8 Å². The largest absolute Gasteiger partial charge is 0.325 e. The zero-order valence-corrected chi connectivity index (χ0v) is 26.3. The number of aryl methyl sites for hydroxylation is 2. The van der Waals surface area contributed by atoms with E-state index in [1.807, 2.05) is 56.3 Å². The molecule has 220 valence electrons. The predicted octanol–water partition coefficient (Wildman–Crippen LogP) is 6.26. The monoisotopic (exact) mass is 611 g/mol. The second kappa shape index (κ2) is 11.0. The highest BCUT2D eigenvalue weighted by atomic mass is 32.2. The summed E-state index contributed by atoms with van der Waals surface area (Å²) in [5, 5.41) is 2.73. The molecular formula is C34H33N3O4S2. The lowest BCUT2D eigenvalue weighted by molar-refractivity contribution is -0.122. The quantitative estimate of drug-likeness (QED) is 0.269. The maximum absolute atomic E-state index is 14.1. The van der Waals surface area contributed by atoms with E-state index < -0.39 is 17.1 Å². The molecule has 1 fully saturated rings. The number of benzene rings is 3. The van der Waals surface area contributed by atoms with Crippen molar-refractivity contribution in [3.63, 3.8) is 0 Å². The van der Waals surface area contributed by atoms with E-state index in [9.17, 15) is 19.2 Å². The van der Waals surface area contributed by atoms with Gasteiger partial charge < -0.3 is 5.32 Å². The first kappa shape index (κ1) is 29.1. The molecule has 0 saturated carbocycles. The molecule has 4 aromatic rings. The van der Waals surface area contributed by atoms with E-state index in [0.29, 0.717) is 16.4 Å². The first-order valence-corrected chi connectivity index (χ1v) is 15.9. The van der Waals surface area contributed by atoms with E-state index in [0.717, 1.165) is 38.5 Å². The number of fused-ring (bicyclic) bond motifs is 2. The van der Waals surface area contributed by atoms with Crippen molar-refractivity contribution in [3.05, 3.63) is 110 Å². The van der Waals surface area contributed by atoms with Crippen LogP contribution >= 0.6 is 23.1 Å². The maximum atomic E-state index is 14.1. The number of carbonyl (C=O) groups is 3. The fraction of sp³-hybridized carbons (Fsp3) is 0.294. The van der Waals surface area contributed by atoms with Crippen LogP contribution in [0.15, 0.2) is 82.6 Å². The normalized spacial score (nSPS) is 19.7. The van der Waals surface area contributed by atoms with E-state index in [-0.39, 0.29) is 34.6 Å². The van der Waals surface area contributed by atoms with Crippen LogP contribution < -0.4 is 15.1 Å². The van der Waals surface area contributed by atoms with Gasteiger partial charge >= 0.3 is 4.87 Å². The minimum absolute atomic E-state index is 0.0607. The van der Waals surface area contributed by atoms with Crippen LogP contribution in [0.2, 0.25) is 0 Å². The van der Waals surface area contributed by atoms with Crippen LogP contribution in [0.3, 0.4) is 0 Å². The summed E-state index contributed by atoms with van der Waals surface area (Å²) in [7, 11) is 0. The van der Waals surface area contributed by atoms with E-state index in [2.05, 4.69) is 38.2 Å². The van der Waals surface area contributed by atoms with Gasteiger partial charge in [-0.2, -0.15) is 0 Å². The molecule has 1 aromatic heterocycles. The van der Waals surface area contributed by atoms with Crippen molar-refractivity contribution < 1.29 is 14.4 Å². The summed E-state index contributed by atoms with van der Waals surface area (Å²) < 4.78 is 1.45. The molecule has 9 heteroatoms. The molecule has 3 aromatic carbocycles. The van der Waals surface area contributed by atoms with Crippen molar-refractivity contribution in [1.29, 1.82) is 0 Å². The number of nitrogens with one attached hydrogen (secondary N) is 1. The maximum Gasteiger partial charge on any atom is 0.308 e. The van der Waals surface area contributed by atoms with Gasteiger partial charge in [-0.05, 0) is 60.2 Å². The molecule has 0 bridgehead atoms. The van der Waals surface area contributed by atoms with Gasteiger partial charge in [0.05, 0.1) is 16.6 Å². The van der Waals surface area contributed by atoms with Crippen LogP contribution in [0.4, 0.5) is 11.4 Å². The molecule has 0 spiro atoms. The summed E-state index contributed by atoms with van der Waals surface area (Å²) in [6, 6.07) is 22.9. The van der Waals surface area contributed by atoms with Gasteiger partial charge in [-0.15, -0.1) is 0 Å². The van der Waals surface area contributed by atoms with Crippen LogP contribution in [-0.2, 0) is 26.3 Å². The Hall–Kier alpha value is -3.95. The predicted molar refractivity (Wildman–Crippen MR) is 172 cm³/mol. The smallest absolute Gasteiger partial charge is 0.308 e. The number of hydrogen-bond donors (Lipinski definition) is 1. The second-order valence-electron chi connectivity index (χ2n) is 12.3. The minimum Gasteiger partial charge on any atom is -0.325 e. The molecule has 0 radical (unpaired) electrons. The lowest BCUT2D eigenvalue weighted by atomic mass is 9.81. The Bertz CT molecular complexity index is 1800. The van der Waals surface area contributed by atoms with E-state index in [1.165, 1.54) is 21.2 Å². The molecule has 2 aliphatic rings. The van der Waals surface area contributed by atoms with Crippen molar-refractivity contribution in [3.8, 4) is 0 Å². The highest BCUT2D eigenvalue weighted by Crippen LogP contribution is 2.54. The summed E-state index contributed by atoms with van der Waals surface area (Å²) in [6.45, 7) is 10.1. The number of aromatic nitrogens is 1. The molecule has 7 nitrogen and oxygen atoms in total. The Kier molecular flexibility index (Phi) is 7.42. The third-order valence-electron chi connectivity index (χ3n) is 8.08. The standard InChI is InChI=1S/C34H33N3O4S2/c1-19-9-15-24(16-10-19)37-30(39)27-26(21-11-13-22(14-12-21)34(3,4)5)29-32(42-28(27)31(37)40)36(33(41)43-29)18-25(38)35-23-8-6-7-20(2)17-23/h6-17,26-28H,18H2,1-5H3,(H,35,38)/t26-,27?,28?/m1/s1. The number of imide groups is 1. The molecule has 1 N–H and O–H groups in total. The van der Waals surface area contributed by atoms with Crippen LogP contribution in [0.25, 0.3) is 0 Å². The number of hydrogen-bond acceptors (Lipinski definition) is 6. The molecule has 0 aliphatic carbocycles. The van der Waals surface area contributed by atoms with Crippen LogP contribution in [0.5, 0.6) is 0 Å². The summed E-state index contributed by atoms with van der Waals surface area (Å²) in [5.41, 5.74) is 5.18. The van der Waals surface area contributed by atoms with Gasteiger partial charge in [0, 0.05) is 16.5 Å². The molecule has 3 amide bonds. The van der Waals surface area contributed by atoms with Crippen molar-refractivity contribution in [2.24, 2.45) is 5.92 Å². The average Bonchev–Trinajstić information content (AvgIpc) is 3.39. The lowest BCUT2D eigenvalue weighted by Gasteiger charge is -2.31. The number of nitrogens with zero attached hydrogens (tertiary/aromatic N) is 2. The number of thiazole rings is 1. The highest BCUT2D eigenvalue weighted by molar-refractivity contribution is 8.00. The van der Waals surface area contributed by atoms with E-state index >= 15 is 0 Å². The molecule has 3 heterocycles. The molecular weight excluding hydrogens is 579 g/mol.